The molecule has 0 bridgehead atoms. The lowest BCUT2D eigenvalue weighted by Gasteiger charge is -2.13. The number of nitrogens with one attached hydrogen (secondary N) is 1. The predicted octanol–water partition coefficient (Wildman–Crippen LogP) is 1.31. The number of benzene rings is 1. The maximum absolute atomic E-state index is 12.3. The summed E-state index contributed by atoms with van der Waals surface area (Å²) in [5.41, 5.74) is 0.716. The zero-order valence-electron chi connectivity index (χ0n) is 11.0. The third kappa shape index (κ3) is 3.53. The van der Waals surface area contributed by atoms with Gasteiger partial charge in [0.05, 0.1) is 26.0 Å². The zero-order chi connectivity index (χ0) is 15.5. The highest BCUT2D eigenvalue weighted by Crippen LogP contribution is 2.31. The minimum atomic E-state index is -3.89. The summed E-state index contributed by atoms with van der Waals surface area (Å²) >= 11 is 5.88. The Balaban J connectivity index is 2.36. The number of rotatable bonds is 6. The van der Waals surface area contributed by atoms with Crippen molar-refractivity contribution in [2.24, 2.45) is 0 Å². The fraction of sp³-hybridized carbons (Fsp3) is 0.250. The molecular weight excluding hydrogens is 320 g/mol. The van der Waals surface area contributed by atoms with E-state index < -0.39 is 16.6 Å². The summed E-state index contributed by atoms with van der Waals surface area (Å²) in [5, 5.41) is 13.1. The third-order valence-corrected chi connectivity index (χ3v) is 4.32. The van der Waals surface area contributed by atoms with Crippen LogP contribution >= 0.6 is 11.6 Å². The molecule has 21 heavy (non-hydrogen) atoms. The monoisotopic (exact) mass is 332 g/mol. The van der Waals surface area contributed by atoms with E-state index in [4.69, 9.17) is 16.3 Å². The van der Waals surface area contributed by atoms with E-state index in [2.05, 4.69) is 14.4 Å². The largest absolute Gasteiger partial charge is 0.495 e. The quantitative estimate of drug-likeness (QED) is 0.827. The molecule has 2 N–H and O–H groups in total. The number of nitrogens with zero attached hydrogens (tertiary/aromatic N) is 1. The van der Waals surface area contributed by atoms with Crippen LogP contribution in [0.3, 0.4) is 0 Å². The van der Waals surface area contributed by atoms with Crippen molar-refractivity contribution in [3.05, 3.63) is 40.7 Å². The fourth-order valence-corrected chi connectivity index (χ4v) is 3.29. The number of methoxy groups -OCH3 is 1. The second kappa shape index (κ2) is 6.44. The molecule has 0 aliphatic heterocycles. The summed E-state index contributed by atoms with van der Waals surface area (Å²) < 4.78 is 36.7. The minimum absolute atomic E-state index is 0.0387. The summed E-state index contributed by atoms with van der Waals surface area (Å²) in [6, 6.07) is 4.23. The number of ether oxygens (including phenoxy) is 1. The van der Waals surface area contributed by atoms with Crippen LogP contribution in [0.25, 0.3) is 0 Å². The normalized spacial score (nSPS) is 11.6. The van der Waals surface area contributed by atoms with E-state index in [0.29, 0.717) is 5.69 Å². The topological polar surface area (TPSA) is 102 Å². The Labute approximate surface area is 126 Å². The van der Waals surface area contributed by atoms with Crippen LogP contribution in [0.1, 0.15) is 11.3 Å². The molecule has 0 saturated carbocycles. The van der Waals surface area contributed by atoms with E-state index in [1.807, 2.05) is 0 Å². The minimum Gasteiger partial charge on any atom is -0.495 e. The second-order valence-corrected chi connectivity index (χ2v) is 6.24. The summed E-state index contributed by atoms with van der Waals surface area (Å²) in [5.74, 6) is 0.0505. The summed E-state index contributed by atoms with van der Waals surface area (Å²) in [7, 11) is -2.57. The lowest BCUT2D eigenvalue weighted by Crippen LogP contribution is -2.24. The molecule has 2 rings (SSSR count). The van der Waals surface area contributed by atoms with Gasteiger partial charge in [-0.2, -0.15) is 0 Å². The van der Waals surface area contributed by atoms with Crippen LogP contribution in [0.5, 0.6) is 5.75 Å². The third-order valence-electron chi connectivity index (χ3n) is 2.70. The molecule has 0 amide bonds. The van der Waals surface area contributed by atoms with Gasteiger partial charge in [-0.05, 0) is 12.1 Å². The number of aliphatic hydroxyl groups is 1. The molecule has 2 aromatic rings. The van der Waals surface area contributed by atoms with Gasteiger partial charge in [0.25, 0.3) is 0 Å². The van der Waals surface area contributed by atoms with Crippen LogP contribution in [0, 0.1) is 0 Å². The predicted molar refractivity (Wildman–Crippen MR) is 74.5 cm³/mol. The van der Waals surface area contributed by atoms with Crippen LogP contribution in [0.15, 0.2) is 33.9 Å². The second-order valence-electron chi connectivity index (χ2n) is 4.07. The van der Waals surface area contributed by atoms with Crippen molar-refractivity contribution in [2.45, 2.75) is 18.0 Å². The molecular formula is C12H13ClN2O5S. The first-order valence-corrected chi connectivity index (χ1v) is 7.70. The zero-order valence-corrected chi connectivity index (χ0v) is 12.6. The Morgan fingerprint density at radius 3 is 2.81 bits per heavy atom. The highest BCUT2D eigenvalue weighted by atomic mass is 35.5. The number of hydrogen-bond donors (Lipinski definition) is 2. The van der Waals surface area contributed by atoms with Crippen LogP contribution in [0.2, 0.25) is 5.02 Å². The highest BCUT2D eigenvalue weighted by Gasteiger charge is 2.23. The van der Waals surface area contributed by atoms with E-state index in [1.165, 1.54) is 31.6 Å². The molecule has 0 aliphatic carbocycles. The van der Waals surface area contributed by atoms with Gasteiger partial charge >= 0.3 is 0 Å². The Bertz CT molecular complexity index is 715. The van der Waals surface area contributed by atoms with Gasteiger partial charge in [0.1, 0.15) is 16.9 Å². The Morgan fingerprint density at radius 1 is 1.48 bits per heavy atom. The maximum atomic E-state index is 12.3. The molecule has 114 valence electrons. The first kappa shape index (κ1) is 15.8. The van der Waals surface area contributed by atoms with Crippen LogP contribution < -0.4 is 9.46 Å². The van der Waals surface area contributed by atoms with E-state index in [9.17, 15) is 13.5 Å². The first-order valence-electron chi connectivity index (χ1n) is 5.84. The molecule has 0 radical (unpaired) electrons. The summed E-state index contributed by atoms with van der Waals surface area (Å²) in [6.07, 6.45) is 1.34. The van der Waals surface area contributed by atoms with E-state index in [0.717, 1.165) is 0 Å². The molecule has 7 nitrogen and oxygen atoms in total. The molecule has 0 saturated heterocycles. The van der Waals surface area contributed by atoms with Gasteiger partial charge < -0.3 is 14.4 Å². The summed E-state index contributed by atoms with van der Waals surface area (Å²) in [4.78, 5) is -0.148. The average Bonchev–Trinajstić information content (AvgIpc) is 2.97. The molecule has 0 atom stereocenters. The molecule has 0 unspecified atom stereocenters. The van der Waals surface area contributed by atoms with Crippen molar-refractivity contribution in [2.75, 3.05) is 7.11 Å². The smallest absolute Gasteiger partial charge is 0.244 e. The maximum Gasteiger partial charge on any atom is 0.244 e. The molecule has 1 aromatic carbocycles. The van der Waals surface area contributed by atoms with Gasteiger partial charge in [-0.15, -0.1) is 0 Å². The summed E-state index contributed by atoms with van der Waals surface area (Å²) in [6.45, 7) is -0.432. The van der Waals surface area contributed by atoms with Gasteiger partial charge in [-0.25, -0.2) is 13.1 Å². The van der Waals surface area contributed by atoms with Gasteiger partial charge in [-0.1, -0.05) is 16.8 Å². The van der Waals surface area contributed by atoms with Crippen LogP contribution in [-0.2, 0) is 23.2 Å². The molecule has 0 fully saturated rings. The SMILES string of the molecule is COc1c(CO)cc(Cl)cc1S(=O)(=O)NCc1ccon1. The number of aromatic nitrogens is 1. The van der Waals surface area contributed by atoms with Crippen molar-refractivity contribution >= 4 is 21.6 Å². The van der Waals surface area contributed by atoms with Crippen LogP contribution in [0.4, 0.5) is 0 Å². The van der Waals surface area contributed by atoms with Crippen molar-refractivity contribution in [1.29, 1.82) is 0 Å². The van der Waals surface area contributed by atoms with Gasteiger partial charge in [0, 0.05) is 16.7 Å². The van der Waals surface area contributed by atoms with Crippen molar-refractivity contribution in [3.63, 3.8) is 0 Å². The highest BCUT2D eigenvalue weighted by molar-refractivity contribution is 7.89. The Morgan fingerprint density at radius 2 is 2.24 bits per heavy atom. The number of sulfonamides is 1. The Hall–Kier alpha value is -1.61. The lowest BCUT2D eigenvalue weighted by molar-refractivity contribution is 0.272. The van der Waals surface area contributed by atoms with Crippen molar-refractivity contribution < 1.29 is 22.8 Å². The fourth-order valence-electron chi connectivity index (χ4n) is 1.75. The molecule has 1 aromatic heterocycles. The number of aliphatic hydroxyl groups excluding tert-OH is 1. The standard InChI is InChI=1S/C12H13ClN2O5S/c1-19-12-8(7-16)4-9(13)5-11(12)21(17,18)14-6-10-2-3-20-15-10/h2-5,14,16H,6-7H2,1H3. The lowest BCUT2D eigenvalue weighted by atomic mass is 10.2. The van der Waals surface area contributed by atoms with Gasteiger partial charge in [-0.3, -0.25) is 0 Å². The van der Waals surface area contributed by atoms with E-state index in [1.54, 1.807) is 0 Å². The Kier molecular flexibility index (Phi) is 4.84. The number of halogens is 1. The average molecular weight is 333 g/mol. The van der Waals surface area contributed by atoms with E-state index in [-0.39, 0.29) is 27.8 Å². The number of hydrogen-bond acceptors (Lipinski definition) is 6. The van der Waals surface area contributed by atoms with E-state index >= 15 is 0 Å². The van der Waals surface area contributed by atoms with Gasteiger partial charge in [0.15, 0.2) is 0 Å². The molecule has 0 aliphatic rings. The van der Waals surface area contributed by atoms with Gasteiger partial charge in [0.2, 0.25) is 10.0 Å². The molecule has 9 heteroatoms. The van der Waals surface area contributed by atoms with Crippen molar-refractivity contribution in [1.82, 2.24) is 9.88 Å². The first-order chi connectivity index (χ1) is 9.97. The van der Waals surface area contributed by atoms with Crippen LogP contribution in [-0.4, -0.2) is 25.8 Å². The molecule has 1 heterocycles. The molecule has 0 spiro atoms. The van der Waals surface area contributed by atoms with Crippen molar-refractivity contribution in [3.8, 4) is 5.75 Å².